The summed E-state index contributed by atoms with van der Waals surface area (Å²) in [6.07, 6.45) is 5.89. The van der Waals surface area contributed by atoms with Crippen LogP contribution in [0.15, 0.2) is 29.0 Å². The van der Waals surface area contributed by atoms with Gasteiger partial charge in [0.25, 0.3) is 0 Å². The molecule has 2 N–H and O–H groups in total. The monoisotopic (exact) mass is 152 g/mol. The number of hydrogen-bond donors (Lipinski definition) is 1. The average Bonchev–Trinajstić information content (AvgIpc) is 1.99. The SMILES string of the molecule is CC1=CC=C/C(=N/ON)[C@@H]1C. The van der Waals surface area contributed by atoms with Gasteiger partial charge in [-0.15, -0.1) is 5.90 Å². The van der Waals surface area contributed by atoms with Crippen molar-refractivity contribution >= 4 is 5.71 Å². The number of hydrogen-bond acceptors (Lipinski definition) is 3. The predicted molar refractivity (Wildman–Crippen MR) is 44.8 cm³/mol. The fraction of sp³-hybridized carbons (Fsp3) is 0.375. The van der Waals surface area contributed by atoms with Crippen LogP contribution in [0.5, 0.6) is 0 Å². The summed E-state index contributed by atoms with van der Waals surface area (Å²) < 4.78 is 0. The van der Waals surface area contributed by atoms with E-state index >= 15 is 0 Å². The first-order chi connectivity index (χ1) is 5.25. The highest BCUT2D eigenvalue weighted by Gasteiger charge is 2.12. The summed E-state index contributed by atoms with van der Waals surface area (Å²) in [7, 11) is 0. The minimum atomic E-state index is 0.309. The maximum Gasteiger partial charge on any atom is 0.0890 e. The van der Waals surface area contributed by atoms with Gasteiger partial charge in [0.15, 0.2) is 0 Å². The Kier molecular flexibility index (Phi) is 2.44. The summed E-state index contributed by atoms with van der Waals surface area (Å²) in [5.41, 5.74) is 2.14. The summed E-state index contributed by atoms with van der Waals surface area (Å²) in [4.78, 5) is 4.21. The van der Waals surface area contributed by atoms with Gasteiger partial charge in [0.05, 0.1) is 5.71 Å². The summed E-state index contributed by atoms with van der Waals surface area (Å²) in [5, 5.41) is 3.68. The molecule has 0 aromatic heterocycles. The van der Waals surface area contributed by atoms with E-state index in [1.807, 2.05) is 12.2 Å². The molecule has 0 fully saturated rings. The van der Waals surface area contributed by atoms with Gasteiger partial charge in [-0.3, -0.25) is 0 Å². The smallest absolute Gasteiger partial charge is 0.0890 e. The molecule has 0 aromatic rings. The van der Waals surface area contributed by atoms with E-state index in [2.05, 4.69) is 30.0 Å². The Morgan fingerprint density at radius 3 is 3.00 bits per heavy atom. The second kappa shape index (κ2) is 3.34. The molecule has 1 atom stereocenters. The zero-order valence-electron chi connectivity index (χ0n) is 6.74. The maximum atomic E-state index is 4.83. The normalized spacial score (nSPS) is 27.0. The van der Waals surface area contributed by atoms with E-state index in [0.29, 0.717) is 5.92 Å². The third kappa shape index (κ3) is 1.68. The highest BCUT2D eigenvalue weighted by molar-refractivity contribution is 5.99. The third-order valence-electron chi connectivity index (χ3n) is 1.91. The highest BCUT2D eigenvalue weighted by atomic mass is 16.7. The zero-order valence-corrected chi connectivity index (χ0v) is 6.74. The fourth-order valence-corrected chi connectivity index (χ4v) is 0.991. The lowest BCUT2D eigenvalue weighted by molar-refractivity contribution is 0.148. The largest absolute Gasteiger partial charge is 0.302 e. The summed E-state index contributed by atoms with van der Waals surface area (Å²) in [5.74, 6) is 5.14. The van der Waals surface area contributed by atoms with E-state index in [0.717, 1.165) is 5.71 Å². The molecule has 1 aliphatic rings. The third-order valence-corrected chi connectivity index (χ3v) is 1.91. The average molecular weight is 152 g/mol. The molecular formula is C8H12N2O. The van der Waals surface area contributed by atoms with Crippen LogP contribution in [0.3, 0.4) is 0 Å². The standard InChI is InChI=1S/C8H12N2O/c1-6-4-3-5-8(7(6)2)10-11-9/h3-5,7H,9H2,1-2H3/b10-8-/t7-/m1/s1. The molecule has 0 saturated carbocycles. The molecule has 3 nitrogen and oxygen atoms in total. The predicted octanol–water partition coefficient (Wildman–Crippen LogP) is 1.38. The van der Waals surface area contributed by atoms with Crippen molar-refractivity contribution in [2.75, 3.05) is 0 Å². The lowest BCUT2D eigenvalue weighted by atomic mass is 9.93. The van der Waals surface area contributed by atoms with Gasteiger partial charge in [-0.1, -0.05) is 29.8 Å². The van der Waals surface area contributed by atoms with Gasteiger partial charge in [0, 0.05) is 5.92 Å². The Morgan fingerprint density at radius 2 is 2.36 bits per heavy atom. The van der Waals surface area contributed by atoms with Crippen LogP contribution in [-0.2, 0) is 4.94 Å². The first-order valence-corrected chi connectivity index (χ1v) is 3.54. The second-order valence-corrected chi connectivity index (χ2v) is 2.61. The van der Waals surface area contributed by atoms with Crippen molar-refractivity contribution in [3.05, 3.63) is 23.8 Å². The Bertz CT molecular complexity index is 228. The topological polar surface area (TPSA) is 47.6 Å². The maximum absolute atomic E-state index is 4.83. The van der Waals surface area contributed by atoms with Crippen LogP contribution >= 0.6 is 0 Å². The molecule has 1 aliphatic carbocycles. The Morgan fingerprint density at radius 1 is 1.64 bits per heavy atom. The number of allylic oxidation sites excluding steroid dienone is 4. The molecule has 0 spiro atoms. The van der Waals surface area contributed by atoms with Crippen LogP contribution in [0.4, 0.5) is 0 Å². The van der Waals surface area contributed by atoms with Crippen molar-refractivity contribution in [1.82, 2.24) is 0 Å². The lowest BCUT2D eigenvalue weighted by Gasteiger charge is -2.13. The van der Waals surface area contributed by atoms with Gasteiger partial charge in [0.2, 0.25) is 0 Å². The van der Waals surface area contributed by atoms with E-state index in [1.165, 1.54) is 5.57 Å². The van der Waals surface area contributed by atoms with Gasteiger partial charge in [0.1, 0.15) is 0 Å². The van der Waals surface area contributed by atoms with Crippen molar-refractivity contribution in [3.63, 3.8) is 0 Å². The van der Waals surface area contributed by atoms with Crippen LogP contribution in [0.2, 0.25) is 0 Å². The summed E-state index contributed by atoms with van der Waals surface area (Å²) in [6.45, 7) is 4.12. The highest BCUT2D eigenvalue weighted by Crippen LogP contribution is 2.16. The minimum absolute atomic E-state index is 0.309. The van der Waals surface area contributed by atoms with Crippen LogP contribution in [0.25, 0.3) is 0 Å². The summed E-state index contributed by atoms with van der Waals surface area (Å²) >= 11 is 0. The first kappa shape index (κ1) is 8.01. The molecule has 0 radical (unpaired) electrons. The molecule has 0 aliphatic heterocycles. The van der Waals surface area contributed by atoms with E-state index in [4.69, 9.17) is 5.90 Å². The second-order valence-electron chi connectivity index (χ2n) is 2.61. The molecule has 60 valence electrons. The molecule has 0 bridgehead atoms. The van der Waals surface area contributed by atoms with Gasteiger partial charge in [-0.2, -0.15) is 0 Å². The summed E-state index contributed by atoms with van der Waals surface area (Å²) in [6, 6.07) is 0. The van der Waals surface area contributed by atoms with Gasteiger partial charge in [-0.25, -0.2) is 0 Å². The Balaban J connectivity index is 2.81. The molecule has 0 heterocycles. The van der Waals surface area contributed by atoms with E-state index < -0.39 is 0 Å². The van der Waals surface area contributed by atoms with Crippen molar-refractivity contribution < 1.29 is 4.94 Å². The molecule has 0 aromatic carbocycles. The number of rotatable bonds is 1. The fourth-order valence-electron chi connectivity index (χ4n) is 0.991. The lowest BCUT2D eigenvalue weighted by Crippen LogP contribution is -2.13. The van der Waals surface area contributed by atoms with Gasteiger partial charge >= 0.3 is 0 Å². The molecule has 1 rings (SSSR count). The van der Waals surface area contributed by atoms with Gasteiger partial charge < -0.3 is 4.94 Å². The zero-order chi connectivity index (χ0) is 8.27. The van der Waals surface area contributed by atoms with Crippen molar-refractivity contribution in [2.24, 2.45) is 17.0 Å². The van der Waals surface area contributed by atoms with Crippen LogP contribution in [0, 0.1) is 5.92 Å². The van der Waals surface area contributed by atoms with Gasteiger partial charge in [-0.05, 0) is 13.0 Å². The molecular weight excluding hydrogens is 140 g/mol. The molecule has 3 heteroatoms. The minimum Gasteiger partial charge on any atom is -0.302 e. The number of nitrogens with two attached hydrogens (primary N) is 1. The van der Waals surface area contributed by atoms with Crippen LogP contribution in [-0.4, -0.2) is 5.71 Å². The Labute approximate surface area is 66.2 Å². The molecule has 0 unspecified atom stereocenters. The molecule has 0 amide bonds. The molecule has 11 heavy (non-hydrogen) atoms. The van der Waals surface area contributed by atoms with Crippen molar-refractivity contribution in [2.45, 2.75) is 13.8 Å². The first-order valence-electron chi connectivity index (χ1n) is 3.54. The van der Waals surface area contributed by atoms with Crippen molar-refractivity contribution in [3.8, 4) is 0 Å². The van der Waals surface area contributed by atoms with Crippen LogP contribution < -0.4 is 5.90 Å². The van der Waals surface area contributed by atoms with E-state index in [-0.39, 0.29) is 0 Å². The number of nitrogens with zero attached hydrogens (tertiary/aromatic N) is 1. The van der Waals surface area contributed by atoms with E-state index in [9.17, 15) is 0 Å². The van der Waals surface area contributed by atoms with Crippen molar-refractivity contribution in [1.29, 1.82) is 0 Å². The Hall–Kier alpha value is -1.09. The number of oxime groups is 1. The van der Waals surface area contributed by atoms with Crippen LogP contribution in [0.1, 0.15) is 13.8 Å². The quantitative estimate of drug-likeness (QED) is 0.577. The molecule has 0 saturated heterocycles. The van der Waals surface area contributed by atoms with E-state index in [1.54, 1.807) is 0 Å².